The zero-order valence-electron chi connectivity index (χ0n) is 11.7. The summed E-state index contributed by atoms with van der Waals surface area (Å²) in [6, 6.07) is 1.88. The number of nitrogens with one attached hydrogen (secondary N) is 1. The molecule has 4 nitrogen and oxygen atoms in total. The highest BCUT2D eigenvalue weighted by Gasteiger charge is 2.22. The molecule has 0 saturated heterocycles. The molecule has 104 valence electrons. The number of pyridine rings is 1. The van der Waals surface area contributed by atoms with Crippen LogP contribution in [0.5, 0.6) is 0 Å². The largest absolute Gasteiger partial charge is 0.501 e. The van der Waals surface area contributed by atoms with E-state index >= 15 is 0 Å². The molecule has 0 aliphatic heterocycles. The summed E-state index contributed by atoms with van der Waals surface area (Å²) in [5.41, 5.74) is 0.329. The monoisotopic (exact) mass is 326 g/mol. The van der Waals surface area contributed by atoms with Gasteiger partial charge in [-0.15, -0.1) is 0 Å². The van der Waals surface area contributed by atoms with E-state index in [9.17, 15) is 4.79 Å². The van der Waals surface area contributed by atoms with Crippen LogP contribution in [0.1, 0.15) is 33.3 Å². The lowest BCUT2D eigenvalue weighted by atomic mass is 9.95. The van der Waals surface area contributed by atoms with E-state index in [2.05, 4.69) is 26.2 Å². The number of nitrogens with zero attached hydrogens (tertiary/aromatic N) is 1. The maximum absolute atomic E-state index is 12.0. The second-order valence-corrected chi connectivity index (χ2v) is 5.97. The van der Waals surface area contributed by atoms with Crippen molar-refractivity contribution in [1.29, 1.82) is 0 Å². The molecule has 0 aromatic carbocycles. The Bertz CT molecular complexity index is 479. The maximum Gasteiger partial charge on any atom is 0.230 e. The first-order chi connectivity index (χ1) is 8.84. The van der Waals surface area contributed by atoms with Gasteiger partial charge in [-0.1, -0.05) is 20.8 Å². The van der Waals surface area contributed by atoms with Crippen molar-refractivity contribution < 1.29 is 9.53 Å². The molecular formula is C14H19BrN2O2. The lowest BCUT2D eigenvalue weighted by molar-refractivity contribution is -0.123. The van der Waals surface area contributed by atoms with Crippen LogP contribution in [-0.4, -0.2) is 17.5 Å². The molecule has 0 radical (unpaired) electrons. The van der Waals surface area contributed by atoms with Crippen molar-refractivity contribution in [3.05, 3.63) is 28.6 Å². The fraction of sp³-hybridized carbons (Fsp3) is 0.429. The zero-order chi connectivity index (χ0) is 14.5. The standard InChI is InChI=1S/C14H19BrN2O2/c1-5-19-7-6-10-8-11(15)9-16-12(10)17-13(18)14(2,3)4/h6-9H,5H2,1-4H3,(H,16,17,18)/b7-6+. The summed E-state index contributed by atoms with van der Waals surface area (Å²) in [4.78, 5) is 16.2. The van der Waals surface area contributed by atoms with E-state index in [1.165, 1.54) is 0 Å². The Hall–Kier alpha value is -1.36. The highest BCUT2D eigenvalue weighted by molar-refractivity contribution is 9.10. The minimum atomic E-state index is -0.463. The van der Waals surface area contributed by atoms with Crippen molar-refractivity contribution in [1.82, 2.24) is 4.98 Å². The molecule has 1 aromatic heterocycles. The first-order valence-electron chi connectivity index (χ1n) is 6.09. The predicted octanol–water partition coefficient (Wildman–Crippen LogP) is 3.84. The van der Waals surface area contributed by atoms with Crippen molar-refractivity contribution in [2.75, 3.05) is 11.9 Å². The summed E-state index contributed by atoms with van der Waals surface area (Å²) >= 11 is 3.36. The normalized spacial score (nSPS) is 11.6. The Kier molecular flexibility index (Phi) is 5.54. The fourth-order valence-electron chi connectivity index (χ4n) is 1.20. The molecule has 19 heavy (non-hydrogen) atoms. The number of ether oxygens (including phenoxy) is 1. The van der Waals surface area contributed by atoms with Gasteiger partial charge in [-0.05, 0) is 35.0 Å². The van der Waals surface area contributed by atoms with Gasteiger partial charge < -0.3 is 10.1 Å². The summed E-state index contributed by atoms with van der Waals surface area (Å²) in [5, 5.41) is 2.83. The smallest absolute Gasteiger partial charge is 0.230 e. The second kappa shape index (κ2) is 6.70. The molecule has 1 N–H and O–H groups in total. The fourth-order valence-corrected chi connectivity index (χ4v) is 1.55. The Balaban J connectivity index is 2.97. The number of hydrogen-bond acceptors (Lipinski definition) is 3. The van der Waals surface area contributed by atoms with Gasteiger partial charge in [0.1, 0.15) is 5.82 Å². The Labute approximate surface area is 122 Å². The average Bonchev–Trinajstić information content (AvgIpc) is 2.31. The summed E-state index contributed by atoms with van der Waals surface area (Å²) in [6.45, 7) is 8.08. The van der Waals surface area contributed by atoms with Crippen molar-refractivity contribution in [3.63, 3.8) is 0 Å². The number of carbonyl (C=O) groups excluding carboxylic acids is 1. The zero-order valence-corrected chi connectivity index (χ0v) is 13.2. The van der Waals surface area contributed by atoms with Gasteiger partial charge in [-0.3, -0.25) is 4.79 Å². The molecular weight excluding hydrogens is 308 g/mol. The van der Waals surface area contributed by atoms with Crippen LogP contribution in [-0.2, 0) is 9.53 Å². The molecule has 1 amide bonds. The van der Waals surface area contributed by atoms with Crippen LogP contribution in [0.25, 0.3) is 6.08 Å². The van der Waals surface area contributed by atoms with E-state index in [1.54, 1.807) is 18.5 Å². The van der Waals surface area contributed by atoms with Gasteiger partial charge in [-0.25, -0.2) is 4.98 Å². The molecule has 0 aliphatic rings. The third-order valence-electron chi connectivity index (χ3n) is 2.31. The molecule has 0 fully saturated rings. The molecule has 5 heteroatoms. The number of halogens is 1. The second-order valence-electron chi connectivity index (χ2n) is 5.05. The lowest BCUT2D eigenvalue weighted by Crippen LogP contribution is -2.28. The van der Waals surface area contributed by atoms with Gasteiger partial charge >= 0.3 is 0 Å². The summed E-state index contributed by atoms with van der Waals surface area (Å²) < 4.78 is 6.01. The number of carbonyl (C=O) groups is 1. The average molecular weight is 327 g/mol. The quantitative estimate of drug-likeness (QED) is 0.855. The third-order valence-corrected chi connectivity index (χ3v) is 2.74. The highest BCUT2D eigenvalue weighted by atomic mass is 79.9. The van der Waals surface area contributed by atoms with Crippen LogP contribution in [0.4, 0.5) is 5.82 Å². The first kappa shape index (κ1) is 15.7. The Morgan fingerprint density at radius 2 is 2.21 bits per heavy atom. The van der Waals surface area contributed by atoms with E-state index in [0.29, 0.717) is 12.4 Å². The predicted molar refractivity (Wildman–Crippen MR) is 80.7 cm³/mol. The number of anilines is 1. The minimum Gasteiger partial charge on any atom is -0.501 e. The molecule has 1 aromatic rings. The molecule has 0 unspecified atom stereocenters. The third kappa shape index (κ3) is 5.03. The number of rotatable bonds is 4. The molecule has 0 saturated carbocycles. The molecule has 0 atom stereocenters. The van der Waals surface area contributed by atoms with E-state index in [0.717, 1.165) is 10.0 Å². The minimum absolute atomic E-state index is 0.0756. The van der Waals surface area contributed by atoms with Crippen molar-refractivity contribution in [2.24, 2.45) is 5.41 Å². The van der Waals surface area contributed by atoms with Crippen LogP contribution < -0.4 is 5.32 Å². The van der Waals surface area contributed by atoms with Crippen LogP contribution in [0.15, 0.2) is 23.0 Å². The molecule has 0 aliphatic carbocycles. The van der Waals surface area contributed by atoms with Gasteiger partial charge in [0.2, 0.25) is 5.91 Å². The van der Waals surface area contributed by atoms with E-state index < -0.39 is 5.41 Å². The van der Waals surface area contributed by atoms with E-state index in [4.69, 9.17) is 4.74 Å². The SMILES string of the molecule is CCO/C=C/c1cc(Br)cnc1NC(=O)C(C)(C)C. The molecule has 1 rings (SSSR count). The van der Waals surface area contributed by atoms with Gasteiger partial charge in [0.25, 0.3) is 0 Å². The lowest BCUT2D eigenvalue weighted by Gasteiger charge is -2.18. The van der Waals surface area contributed by atoms with Gasteiger partial charge in [0.05, 0.1) is 12.9 Å². The van der Waals surface area contributed by atoms with Crippen LogP contribution in [0.3, 0.4) is 0 Å². The van der Waals surface area contributed by atoms with Crippen molar-refractivity contribution in [3.8, 4) is 0 Å². The topological polar surface area (TPSA) is 51.2 Å². The first-order valence-corrected chi connectivity index (χ1v) is 6.89. The van der Waals surface area contributed by atoms with Crippen molar-refractivity contribution in [2.45, 2.75) is 27.7 Å². The number of amides is 1. The molecule has 1 heterocycles. The van der Waals surface area contributed by atoms with Crippen molar-refractivity contribution >= 4 is 33.7 Å². The maximum atomic E-state index is 12.0. The Morgan fingerprint density at radius 3 is 2.79 bits per heavy atom. The number of aromatic nitrogens is 1. The van der Waals surface area contributed by atoms with Crippen LogP contribution in [0, 0.1) is 5.41 Å². The van der Waals surface area contributed by atoms with Gasteiger partial charge in [0.15, 0.2) is 0 Å². The number of hydrogen-bond donors (Lipinski definition) is 1. The summed E-state index contributed by atoms with van der Waals surface area (Å²) in [5.74, 6) is 0.451. The van der Waals surface area contributed by atoms with Gasteiger partial charge in [0, 0.05) is 21.6 Å². The Morgan fingerprint density at radius 1 is 1.53 bits per heavy atom. The molecule has 0 bridgehead atoms. The summed E-state index contributed by atoms with van der Waals surface area (Å²) in [6.07, 6.45) is 5.02. The van der Waals surface area contributed by atoms with Crippen LogP contribution >= 0.6 is 15.9 Å². The van der Waals surface area contributed by atoms with Gasteiger partial charge in [-0.2, -0.15) is 0 Å². The summed E-state index contributed by atoms with van der Waals surface area (Å²) in [7, 11) is 0. The highest BCUT2D eigenvalue weighted by Crippen LogP contribution is 2.22. The van der Waals surface area contributed by atoms with Crippen LogP contribution in [0.2, 0.25) is 0 Å². The van der Waals surface area contributed by atoms with E-state index in [-0.39, 0.29) is 5.91 Å². The molecule has 0 spiro atoms. The van der Waals surface area contributed by atoms with E-state index in [1.807, 2.05) is 33.8 Å².